The number of hydrogen-bond acceptors (Lipinski definition) is 2. The Balaban J connectivity index is 2.50. The topological polar surface area (TPSA) is 25.2 Å². The molecular weight excluding hydrogens is 210 g/mol. The monoisotopic (exact) mass is 237 g/mol. The molecule has 17 heavy (non-hydrogen) atoms. The van der Waals surface area contributed by atoms with Crippen molar-refractivity contribution in [3.63, 3.8) is 0 Å². The number of nitrogens with one attached hydrogen (secondary N) is 1. The number of furan rings is 1. The first kappa shape index (κ1) is 14.3. The van der Waals surface area contributed by atoms with Crippen molar-refractivity contribution in [1.82, 2.24) is 5.32 Å². The normalized spacial score (nSPS) is 16.8. The van der Waals surface area contributed by atoms with Gasteiger partial charge in [0.1, 0.15) is 11.5 Å². The quantitative estimate of drug-likeness (QED) is 0.757. The van der Waals surface area contributed by atoms with E-state index in [0.29, 0.717) is 12.1 Å². The highest BCUT2D eigenvalue weighted by Crippen LogP contribution is 2.19. The van der Waals surface area contributed by atoms with E-state index in [9.17, 15) is 0 Å². The molecule has 1 N–H and O–H groups in total. The molecule has 3 unspecified atom stereocenters. The maximum atomic E-state index is 5.66. The molecule has 0 aliphatic heterocycles. The van der Waals surface area contributed by atoms with Crippen molar-refractivity contribution >= 4 is 0 Å². The minimum absolute atomic E-state index is 0.303. The number of aryl methyl sites for hydroxylation is 1. The van der Waals surface area contributed by atoms with Crippen molar-refractivity contribution in [2.75, 3.05) is 0 Å². The van der Waals surface area contributed by atoms with Gasteiger partial charge < -0.3 is 9.73 Å². The van der Waals surface area contributed by atoms with Crippen LogP contribution in [0.2, 0.25) is 0 Å². The van der Waals surface area contributed by atoms with Crippen molar-refractivity contribution in [1.29, 1.82) is 0 Å². The van der Waals surface area contributed by atoms with E-state index >= 15 is 0 Å². The summed E-state index contributed by atoms with van der Waals surface area (Å²) in [4.78, 5) is 0. The first-order valence-corrected chi connectivity index (χ1v) is 6.89. The summed E-state index contributed by atoms with van der Waals surface area (Å²) >= 11 is 0. The SMILES string of the molecule is CCC(C)CC(CC)NC(C)c1ccc(C)o1. The molecule has 2 heteroatoms. The standard InChI is InChI=1S/C15H27NO/c1-6-11(3)10-14(7-2)16-13(5)15-9-8-12(4)17-15/h8-9,11,13-14,16H,6-7,10H2,1-5H3. The molecule has 0 spiro atoms. The fourth-order valence-corrected chi connectivity index (χ4v) is 2.13. The van der Waals surface area contributed by atoms with Gasteiger partial charge in [-0.1, -0.05) is 27.2 Å². The van der Waals surface area contributed by atoms with Crippen LogP contribution in [0.4, 0.5) is 0 Å². The van der Waals surface area contributed by atoms with Crippen LogP contribution >= 0.6 is 0 Å². The maximum Gasteiger partial charge on any atom is 0.120 e. The van der Waals surface area contributed by atoms with Crippen LogP contribution in [0.3, 0.4) is 0 Å². The van der Waals surface area contributed by atoms with E-state index in [1.165, 1.54) is 19.3 Å². The molecule has 1 aromatic rings. The second-order valence-corrected chi connectivity index (χ2v) is 5.19. The molecule has 1 rings (SSSR count). The molecule has 0 saturated heterocycles. The molecule has 0 aromatic carbocycles. The Hall–Kier alpha value is -0.760. The van der Waals surface area contributed by atoms with Crippen LogP contribution in [-0.2, 0) is 0 Å². The Labute approximate surface area is 106 Å². The molecule has 0 radical (unpaired) electrons. The summed E-state index contributed by atoms with van der Waals surface area (Å²) in [6.07, 6.45) is 3.68. The molecule has 3 atom stereocenters. The minimum atomic E-state index is 0.303. The van der Waals surface area contributed by atoms with Crippen LogP contribution in [-0.4, -0.2) is 6.04 Å². The second-order valence-electron chi connectivity index (χ2n) is 5.19. The van der Waals surface area contributed by atoms with Crippen molar-refractivity contribution in [3.05, 3.63) is 23.7 Å². The van der Waals surface area contributed by atoms with Gasteiger partial charge in [0, 0.05) is 6.04 Å². The molecule has 0 aliphatic carbocycles. The molecule has 98 valence electrons. The lowest BCUT2D eigenvalue weighted by Gasteiger charge is -2.23. The highest BCUT2D eigenvalue weighted by atomic mass is 16.3. The molecule has 0 saturated carbocycles. The van der Waals surface area contributed by atoms with E-state index in [4.69, 9.17) is 4.42 Å². The van der Waals surface area contributed by atoms with E-state index in [0.717, 1.165) is 17.4 Å². The predicted molar refractivity (Wildman–Crippen MR) is 73.1 cm³/mol. The summed E-state index contributed by atoms with van der Waals surface area (Å²) in [6, 6.07) is 5.00. The lowest BCUT2D eigenvalue weighted by Crippen LogP contribution is -2.32. The molecule has 0 aliphatic rings. The zero-order valence-electron chi connectivity index (χ0n) is 11.9. The van der Waals surface area contributed by atoms with Gasteiger partial charge in [0.05, 0.1) is 6.04 Å². The largest absolute Gasteiger partial charge is 0.465 e. The second kappa shape index (κ2) is 6.85. The summed E-state index contributed by atoms with van der Waals surface area (Å²) in [6.45, 7) is 11.0. The first-order valence-electron chi connectivity index (χ1n) is 6.89. The lowest BCUT2D eigenvalue weighted by atomic mass is 9.97. The summed E-state index contributed by atoms with van der Waals surface area (Å²) < 4.78 is 5.66. The minimum Gasteiger partial charge on any atom is -0.465 e. The molecule has 1 aromatic heterocycles. The van der Waals surface area contributed by atoms with Crippen molar-refractivity contribution < 1.29 is 4.42 Å². The average Bonchev–Trinajstić information content (AvgIpc) is 2.74. The summed E-state index contributed by atoms with van der Waals surface area (Å²) in [5.74, 6) is 2.83. The smallest absolute Gasteiger partial charge is 0.120 e. The Morgan fingerprint density at radius 2 is 1.88 bits per heavy atom. The highest BCUT2D eigenvalue weighted by molar-refractivity contribution is 5.09. The van der Waals surface area contributed by atoms with Crippen LogP contribution < -0.4 is 5.32 Å². The third-order valence-electron chi connectivity index (χ3n) is 3.55. The molecule has 2 nitrogen and oxygen atoms in total. The molecular formula is C15H27NO. The fraction of sp³-hybridized carbons (Fsp3) is 0.733. The molecule has 0 bridgehead atoms. The van der Waals surface area contributed by atoms with Crippen molar-refractivity contribution in [2.24, 2.45) is 5.92 Å². The Bertz CT molecular complexity index is 318. The van der Waals surface area contributed by atoms with Gasteiger partial charge in [0.25, 0.3) is 0 Å². The van der Waals surface area contributed by atoms with E-state index in [1.807, 2.05) is 13.0 Å². The molecule has 0 fully saturated rings. The maximum absolute atomic E-state index is 5.66. The Morgan fingerprint density at radius 1 is 1.18 bits per heavy atom. The van der Waals surface area contributed by atoms with Crippen molar-refractivity contribution in [2.45, 2.75) is 66.0 Å². The van der Waals surface area contributed by atoms with E-state index in [-0.39, 0.29) is 0 Å². The van der Waals surface area contributed by atoms with Gasteiger partial charge in [-0.3, -0.25) is 0 Å². The van der Waals surface area contributed by atoms with E-state index < -0.39 is 0 Å². The summed E-state index contributed by atoms with van der Waals surface area (Å²) in [7, 11) is 0. The Morgan fingerprint density at radius 3 is 2.35 bits per heavy atom. The van der Waals surface area contributed by atoms with Gasteiger partial charge in [-0.2, -0.15) is 0 Å². The van der Waals surface area contributed by atoms with Gasteiger partial charge in [-0.25, -0.2) is 0 Å². The predicted octanol–water partition coefficient (Wildman–Crippen LogP) is 4.45. The molecule has 1 heterocycles. The van der Waals surface area contributed by atoms with E-state index in [2.05, 4.69) is 39.1 Å². The van der Waals surface area contributed by atoms with E-state index in [1.54, 1.807) is 0 Å². The van der Waals surface area contributed by atoms with Crippen LogP contribution in [0.1, 0.15) is 64.5 Å². The molecule has 0 amide bonds. The van der Waals surface area contributed by atoms with Crippen LogP contribution in [0.25, 0.3) is 0 Å². The van der Waals surface area contributed by atoms with Gasteiger partial charge in [-0.05, 0) is 44.7 Å². The fourth-order valence-electron chi connectivity index (χ4n) is 2.13. The average molecular weight is 237 g/mol. The zero-order valence-corrected chi connectivity index (χ0v) is 11.9. The van der Waals surface area contributed by atoms with Gasteiger partial charge >= 0.3 is 0 Å². The van der Waals surface area contributed by atoms with Crippen LogP contribution in [0.5, 0.6) is 0 Å². The van der Waals surface area contributed by atoms with Crippen molar-refractivity contribution in [3.8, 4) is 0 Å². The lowest BCUT2D eigenvalue weighted by molar-refractivity contribution is 0.330. The van der Waals surface area contributed by atoms with Crippen LogP contribution in [0, 0.1) is 12.8 Å². The zero-order chi connectivity index (χ0) is 12.8. The van der Waals surface area contributed by atoms with Gasteiger partial charge in [-0.15, -0.1) is 0 Å². The number of hydrogen-bond donors (Lipinski definition) is 1. The first-order chi connectivity index (χ1) is 8.06. The van der Waals surface area contributed by atoms with Gasteiger partial charge in [0.15, 0.2) is 0 Å². The number of rotatable bonds is 7. The third kappa shape index (κ3) is 4.55. The summed E-state index contributed by atoms with van der Waals surface area (Å²) in [5, 5.41) is 3.67. The third-order valence-corrected chi connectivity index (χ3v) is 3.55. The highest BCUT2D eigenvalue weighted by Gasteiger charge is 2.16. The van der Waals surface area contributed by atoms with Gasteiger partial charge in [0.2, 0.25) is 0 Å². The van der Waals surface area contributed by atoms with Crippen LogP contribution in [0.15, 0.2) is 16.5 Å². The Kier molecular flexibility index (Phi) is 5.76. The summed E-state index contributed by atoms with van der Waals surface area (Å²) in [5.41, 5.74) is 0.